The molecule has 112 valence electrons. The summed E-state index contributed by atoms with van der Waals surface area (Å²) < 4.78 is 38.3. The third-order valence-electron chi connectivity index (χ3n) is 2.91. The monoisotopic (exact) mass is 327 g/mol. The summed E-state index contributed by atoms with van der Waals surface area (Å²) in [6, 6.07) is 8.14. The van der Waals surface area contributed by atoms with E-state index in [0.717, 1.165) is 12.1 Å². The maximum atomic E-state index is 13.0. The van der Waals surface area contributed by atoms with E-state index in [4.69, 9.17) is 0 Å². The molecule has 1 atom stereocenters. The lowest BCUT2D eigenvalue weighted by molar-refractivity contribution is -0.118. The molecule has 0 aliphatic carbocycles. The molecule has 21 heavy (non-hydrogen) atoms. The minimum Gasteiger partial charge on any atom is -0.355 e. The number of thiophene rings is 1. The predicted octanol–water partition coefficient (Wildman–Crippen LogP) is 2.54. The molecular weight excluding hydrogens is 313 g/mol. The van der Waals surface area contributed by atoms with E-state index in [2.05, 4.69) is 5.32 Å². The van der Waals surface area contributed by atoms with E-state index < -0.39 is 20.9 Å². The van der Waals surface area contributed by atoms with Crippen LogP contribution in [0, 0.1) is 5.82 Å². The highest BCUT2D eigenvalue weighted by atomic mass is 32.2. The average Bonchev–Trinajstić information content (AvgIpc) is 2.92. The fourth-order valence-corrected chi connectivity index (χ4v) is 4.65. The van der Waals surface area contributed by atoms with E-state index >= 15 is 0 Å². The Labute approximate surface area is 126 Å². The zero-order valence-corrected chi connectivity index (χ0v) is 12.9. The molecule has 0 spiro atoms. The lowest BCUT2D eigenvalue weighted by Gasteiger charge is -2.17. The normalized spacial score (nSPS) is 12.9. The SMILES string of the molecule is CC(=O)NC[C@H](c1cccs1)S(=O)(=O)c1ccc(F)cc1. The van der Waals surface area contributed by atoms with Gasteiger partial charge in [0, 0.05) is 18.3 Å². The molecule has 0 bridgehead atoms. The fraction of sp³-hybridized carbons (Fsp3) is 0.214. The zero-order chi connectivity index (χ0) is 15.5. The number of hydrogen-bond acceptors (Lipinski definition) is 4. The second-order valence-electron chi connectivity index (χ2n) is 4.44. The molecule has 1 aromatic heterocycles. The number of hydrogen-bond donors (Lipinski definition) is 1. The quantitative estimate of drug-likeness (QED) is 0.859. The second-order valence-corrected chi connectivity index (χ2v) is 7.55. The third kappa shape index (κ3) is 3.68. The lowest BCUT2D eigenvalue weighted by atomic mass is 10.3. The number of nitrogens with one attached hydrogen (secondary N) is 1. The summed E-state index contributed by atoms with van der Waals surface area (Å²) >= 11 is 1.30. The van der Waals surface area contributed by atoms with Crippen LogP contribution in [0.4, 0.5) is 4.39 Å². The van der Waals surface area contributed by atoms with Gasteiger partial charge in [-0.2, -0.15) is 0 Å². The van der Waals surface area contributed by atoms with Crippen molar-refractivity contribution in [3.05, 3.63) is 52.5 Å². The lowest BCUT2D eigenvalue weighted by Crippen LogP contribution is -2.29. The maximum absolute atomic E-state index is 13.0. The Morgan fingerprint density at radius 2 is 1.95 bits per heavy atom. The minimum atomic E-state index is -3.71. The molecule has 0 radical (unpaired) electrons. The summed E-state index contributed by atoms with van der Waals surface area (Å²) in [6.07, 6.45) is 0. The summed E-state index contributed by atoms with van der Waals surface area (Å²) in [5, 5.41) is 3.43. The highest BCUT2D eigenvalue weighted by Gasteiger charge is 2.30. The van der Waals surface area contributed by atoms with Crippen molar-refractivity contribution in [2.24, 2.45) is 0 Å². The van der Waals surface area contributed by atoms with E-state index in [0.29, 0.717) is 4.88 Å². The van der Waals surface area contributed by atoms with Gasteiger partial charge in [-0.25, -0.2) is 12.8 Å². The number of carbonyl (C=O) groups is 1. The van der Waals surface area contributed by atoms with Gasteiger partial charge in [0.05, 0.1) is 4.90 Å². The van der Waals surface area contributed by atoms with E-state index in [-0.39, 0.29) is 17.3 Å². The first kappa shape index (κ1) is 15.7. The molecule has 0 aliphatic heterocycles. The zero-order valence-electron chi connectivity index (χ0n) is 11.2. The average molecular weight is 327 g/mol. The molecule has 0 saturated carbocycles. The summed E-state index contributed by atoms with van der Waals surface area (Å²) in [5.41, 5.74) is 0. The van der Waals surface area contributed by atoms with Crippen molar-refractivity contribution in [3.63, 3.8) is 0 Å². The summed E-state index contributed by atoms with van der Waals surface area (Å²) in [5.74, 6) is -0.797. The largest absolute Gasteiger partial charge is 0.355 e. The van der Waals surface area contributed by atoms with Gasteiger partial charge in [0.2, 0.25) is 5.91 Å². The Bertz CT molecular complexity index is 709. The van der Waals surface area contributed by atoms with Crippen LogP contribution in [0.25, 0.3) is 0 Å². The summed E-state index contributed by atoms with van der Waals surface area (Å²) in [7, 11) is -3.71. The standard InChI is InChI=1S/C14H14FNO3S2/c1-10(17)16-9-14(13-3-2-8-20-13)21(18,19)12-6-4-11(15)5-7-12/h2-8,14H,9H2,1H3,(H,16,17)/t14-/m1/s1. The predicted molar refractivity (Wildman–Crippen MR) is 79.3 cm³/mol. The van der Waals surface area contributed by atoms with E-state index in [1.165, 1.54) is 30.4 Å². The van der Waals surface area contributed by atoms with E-state index in [9.17, 15) is 17.6 Å². The molecule has 0 unspecified atom stereocenters. The number of carbonyl (C=O) groups excluding carboxylic acids is 1. The third-order valence-corrected chi connectivity index (χ3v) is 6.15. The van der Waals surface area contributed by atoms with Gasteiger partial charge in [-0.05, 0) is 35.7 Å². The van der Waals surface area contributed by atoms with Crippen molar-refractivity contribution in [2.45, 2.75) is 17.1 Å². The van der Waals surface area contributed by atoms with Crippen molar-refractivity contribution in [1.29, 1.82) is 0 Å². The summed E-state index contributed by atoms with van der Waals surface area (Å²) in [4.78, 5) is 11.7. The first-order valence-electron chi connectivity index (χ1n) is 6.18. The van der Waals surface area contributed by atoms with Crippen LogP contribution in [0.15, 0.2) is 46.7 Å². The molecule has 0 aliphatic rings. The molecular formula is C14H14FNO3S2. The van der Waals surface area contributed by atoms with Crippen molar-refractivity contribution < 1.29 is 17.6 Å². The smallest absolute Gasteiger partial charge is 0.216 e. The second kappa shape index (κ2) is 6.36. The molecule has 7 heteroatoms. The van der Waals surface area contributed by atoms with Crippen LogP contribution in [0.2, 0.25) is 0 Å². The van der Waals surface area contributed by atoms with Crippen molar-refractivity contribution in [3.8, 4) is 0 Å². The van der Waals surface area contributed by atoms with E-state index in [1.807, 2.05) is 0 Å². The van der Waals surface area contributed by atoms with Crippen LogP contribution in [0.5, 0.6) is 0 Å². The van der Waals surface area contributed by atoms with Gasteiger partial charge >= 0.3 is 0 Å². The first-order valence-corrected chi connectivity index (χ1v) is 8.61. The number of sulfone groups is 1. The Kier molecular flexibility index (Phi) is 4.74. The van der Waals surface area contributed by atoms with Gasteiger partial charge in [0.25, 0.3) is 0 Å². The number of halogens is 1. The van der Waals surface area contributed by atoms with Crippen LogP contribution in [-0.4, -0.2) is 20.9 Å². The number of benzene rings is 1. The molecule has 2 aromatic rings. The maximum Gasteiger partial charge on any atom is 0.216 e. The van der Waals surface area contributed by atoms with Crippen LogP contribution >= 0.6 is 11.3 Å². The van der Waals surface area contributed by atoms with Crippen LogP contribution in [0.3, 0.4) is 0 Å². The van der Waals surface area contributed by atoms with E-state index in [1.54, 1.807) is 17.5 Å². The number of rotatable bonds is 5. The number of amides is 1. The van der Waals surface area contributed by atoms with Gasteiger partial charge in [-0.15, -0.1) is 11.3 Å². The Morgan fingerprint density at radius 3 is 2.48 bits per heavy atom. The fourth-order valence-electron chi connectivity index (χ4n) is 1.86. The van der Waals surface area contributed by atoms with Gasteiger partial charge in [0.15, 0.2) is 9.84 Å². The minimum absolute atomic E-state index is 0.0183. The first-order chi connectivity index (χ1) is 9.91. The Hall–Kier alpha value is -1.73. The van der Waals surface area contributed by atoms with Crippen molar-refractivity contribution in [1.82, 2.24) is 5.32 Å². The molecule has 1 amide bonds. The molecule has 4 nitrogen and oxygen atoms in total. The summed E-state index contributed by atoms with van der Waals surface area (Å²) in [6.45, 7) is 1.31. The van der Waals surface area contributed by atoms with Gasteiger partial charge in [-0.1, -0.05) is 6.07 Å². The van der Waals surface area contributed by atoms with Crippen LogP contribution < -0.4 is 5.32 Å². The van der Waals surface area contributed by atoms with Crippen LogP contribution in [-0.2, 0) is 14.6 Å². The topological polar surface area (TPSA) is 63.2 Å². The Balaban J connectivity index is 2.39. The molecule has 2 rings (SSSR count). The van der Waals surface area contributed by atoms with Crippen molar-refractivity contribution in [2.75, 3.05) is 6.54 Å². The van der Waals surface area contributed by atoms with Gasteiger partial charge in [-0.3, -0.25) is 4.79 Å². The molecule has 1 heterocycles. The molecule has 1 N–H and O–H groups in total. The molecule has 1 aromatic carbocycles. The molecule has 0 fully saturated rings. The van der Waals surface area contributed by atoms with Gasteiger partial charge in [0.1, 0.15) is 11.1 Å². The van der Waals surface area contributed by atoms with Gasteiger partial charge < -0.3 is 5.32 Å². The van der Waals surface area contributed by atoms with Crippen molar-refractivity contribution >= 4 is 27.1 Å². The highest BCUT2D eigenvalue weighted by Crippen LogP contribution is 2.31. The Morgan fingerprint density at radius 1 is 1.29 bits per heavy atom. The highest BCUT2D eigenvalue weighted by molar-refractivity contribution is 7.91. The molecule has 0 saturated heterocycles. The van der Waals surface area contributed by atoms with Crippen LogP contribution in [0.1, 0.15) is 17.1 Å².